The van der Waals surface area contributed by atoms with Gasteiger partial charge in [0, 0.05) is 16.1 Å². The molecule has 0 fully saturated rings. The molecule has 116 valence electrons. The summed E-state index contributed by atoms with van der Waals surface area (Å²) in [7, 11) is 0. The van der Waals surface area contributed by atoms with Crippen molar-refractivity contribution in [2.75, 3.05) is 5.32 Å². The average molecular weight is 328 g/mol. The van der Waals surface area contributed by atoms with Crippen LogP contribution in [0.15, 0.2) is 47.3 Å². The summed E-state index contributed by atoms with van der Waals surface area (Å²) in [6.07, 6.45) is 0.0583. The SMILES string of the molecule is Cc1ccc(NC(=O)Cc2n[nH]c(=O)c3ccccc23)cc1Cl. The molecule has 0 radical (unpaired) electrons. The van der Waals surface area contributed by atoms with Gasteiger partial charge in [-0.3, -0.25) is 9.59 Å². The van der Waals surface area contributed by atoms with Gasteiger partial charge in [0.1, 0.15) is 0 Å². The Balaban J connectivity index is 1.84. The number of aryl methyl sites for hydroxylation is 1. The van der Waals surface area contributed by atoms with E-state index >= 15 is 0 Å². The summed E-state index contributed by atoms with van der Waals surface area (Å²) in [5, 5.41) is 11.0. The number of carbonyl (C=O) groups is 1. The molecule has 0 aliphatic heterocycles. The third-order valence-corrected chi connectivity index (χ3v) is 3.97. The van der Waals surface area contributed by atoms with Crippen molar-refractivity contribution in [2.24, 2.45) is 0 Å². The highest BCUT2D eigenvalue weighted by Gasteiger charge is 2.11. The van der Waals surface area contributed by atoms with E-state index in [0.29, 0.717) is 27.2 Å². The second kappa shape index (κ2) is 6.22. The molecule has 3 aromatic rings. The highest BCUT2D eigenvalue weighted by Crippen LogP contribution is 2.20. The van der Waals surface area contributed by atoms with E-state index in [-0.39, 0.29) is 17.9 Å². The zero-order valence-corrected chi connectivity index (χ0v) is 13.1. The van der Waals surface area contributed by atoms with E-state index in [2.05, 4.69) is 15.5 Å². The van der Waals surface area contributed by atoms with Crippen molar-refractivity contribution in [2.45, 2.75) is 13.3 Å². The highest BCUT2D eigenvalue weighted by atomic mass is 35.5. The molecule has 0 bridgehead atoms. The molecule has 1 aromatic heterocycles. The summed E-state index contributed by atoms with van der Waals surface area (Å²) in [4.78, 5) is 24.0. The van der Waals surface area contributed by atoms with Gasteiger partial charge >= 0.3 is 0 Å². The van der Waals surface area contributed by atoms with E-state index < -0.39 is 0 Å². The lowest BCUT2D eigenvalue weighted by molar-refractivity contribution is -0.115. The van der Waals surface area contributed by atoms with E-state index in [0.717, 1.165) is 5.56 Å². The van der Waals surface area contributed by atoms with Crippen LogP contribution in [0.1, 0.15) is 11.3 Å². The number of aromatic nitrogens is 2. The number of fused-ring (bicyclic) bond motifs is 1. The number of amides is 1. The van der Waals surface area contributed by atoms with Crippen LogP contribution in [-0.2, 0) is 11.2 Å². The van der Waals surface area contributed by atoms with E-state index in [1.165, 1.54) is 0 Å². The van der Waals surface area contributed by atoms with Crippen molar-refractivity contribution < 1.29 is 4.79 Å². The average Bonchev–Trinajstić information content (AvgIpc) is 2.54. The summed E-state index contributed by atoms with van der Waals surface area (Å²) in [6, 6.07) is 12.4. The predicted octanol–water partition coefficient (Wildman–Crippen LogP) is 3.07. The van der Waals surface area contributed by atoms with E-state index in [4.69, 9.17) is 11.6 Å². The van der Waals surface area contributed by atoms with Gasteiger partial charge in [0.05, 0.1) is 17.5 Å². The standard InChI is InChI=1S/C17H14ClN3O2/c1-10-6-7-11(8-14(10)18)19-16(22)9-15-12-4-2-3-5-13(12)17(23)21-20-15/h2-8H,9H2,1H3,(H,19,22)(H,21,23). The summed E-state index contributed by atoms with van der Waals surface area (Å²) in [5.74, 6) is -0.227. The molecule has 0 unspecified atom stereocenters. The normalized spacial score (nSPS) is 10.7. The number of anilines is 1. The first-order valence-electron chi connectivity index (χ1n) is 7.07. The van der Waals surface area contributed by atoms with Crippen LogP contribution in [-0.4, -0.2) is 16.1 Å². The zero-order chi connectivity index (χ0) is 16.4. The van der Waals surface area contributed by atoms with Gasteiger partial charge in [-0.05, 0) is 30.7 Å². The van der Waals surface area contributed by atoms with Gasteiger partial charge in [-0.2, -0.15) is 5.10 Å². The lowest BCUT2D eigenvalue weighted by Crippen LogP contribution is -2.18. The van der Waals surface area contributed by atoms with Gasteiger partial charge in [0.25, 0.3) is 5.56 Å². The summed E-state index contributed by atoms with van der Waals surface area (Å²) < 4.78 is 0. The van der Waals surface area contributed by atoms with Crippen molar-refractivity contribution in [1.82, 2.24) is 10.2 Å². The van der Waals surface area contributed by atoms with Crippen molar-refractivity contribution in [3.63, 3.8) is 0 Å². The Bertz CT molecular complexity index is 950. The molecular weight excluding hydrogens is 314 g/mol. The molecule has 2 aromatic carbocycles. The first kappa shape index (κ1) is 15.2. The number of hydrogen-bond donors (Lipinski definition) is 2. The fraction of sp³-hybridized carbons (Fsp3) is 0.118. The first-order valence-corrected chi connectivity index (χ1v) is 7.44. The van der Waals surface area contributed by atoms with Gasteiger partial charge in [-0.1, -0.05) is 35.9 Å². The summed E-state index contributed by atoms with van der Waals surface area (Å²) >= 11 is 6.05. The number of benzene rings is 2. The molecule has 23 heavy (non-hydrogen) atoms. The van der Waals surface area contributed by atoms with Crippen LogP contribution in [0.25, 0.3) is 10.8 Å². The predicted molar refractivity (Wildman–Crippen MR) is 90.9 cm³/mol. The van der Waals surface area contributed by atoms with Gasteiger partial charge in [-0.15, -0.1) is 0 Å². The van der Waals surface area contributed by atoms with Crippen molar-refractivity contribution in [3.8, 4) is 0 Å². The Labute approximate surface area is 137 Å². The van der Waals surface area contributed by atoms with Gasteiger partial charge in [-0.25, -0.2) is 5.10 Å². The molecule has 0 atom stereocenters. The van der Waals surface area contributed by atoms with Crippen molar-refractivity contribution in [1.29, 1.82) is 0 Å². The molecule has 1 amide bonds. The zero-order valence-electron chi connectivity index (χ0n) is 12.4. The molecule has 3 rings (SSSR count). The number of H-pyrrole nitrogens is 1. The van der Waals surface area contributed by atoms with Crippen molar-refractivity contribution >= 4 is 34.0 Å². The van der Waals surface area contributed by atoms with Crippen LogP contribution in [0, 0.1) is 6.92 Å². The fourth-order valence-electron chi connectivity index (χ4n) is 2.33. The van der Waals surface area contributed by atoms with Crippen LogP contribution in [0.3, 0.4) is 0 Å². The topological polar surface area (TPSA) is 74.8 Å². The van der Waals surface area contributed by atoms with Crippen LogP contribution < -0.4 is 10.9 Å². The number of aromatic amines is 1. The minimum absolute atomic E-state index is 0.0583. The van der Waals surface area contributed by atoms with Gasteiger partial charge in [0.15, 0.2) is 0 Å². The van der Waals surface area contributed by atoms with E-state index in [9.17, 15) is 9.59 Å². The number of halogens is 1. The van der Waals surface area contributed by atoms with Gasteiger partial charge < -0.3 is 5.32 Å². The molecular formula is C17H14ClN3O2. The quantitative estimate of drug-likeness (QED) is 0.776. The summed E-state index contributed by atoms with van der Waals surface area (Å²) in [6.45, 7) is 1.89. The third-order valence-electron chi connectivity index (χ3n) is 3.56. The van der Waals surface area contributed by atoms with Crippen molar-refractivity contribution in [3.05, 3.63) is 69.1 Å². The van der Waals surface area contributed by atoms with Crippen LogP contribution in [0.4, 0.5) is 5.69 Å². The maximum absolute atomic E-state index is 12.2. The van der Waals surface area contributed by atoms with Crippen LogP contribution in [0.5, 0.6) is 0 Å². The van der Waals surface area contributed by atoms with E-state index in [1.54, 1.807) is 30.3 Å². The Morgan fingerprint density at radius 1 is 1.22 bits per heavy atom. The Morgan fingerprint density at radius 2 is 1.96 bits per heavy atom. The number of hydrogen-bond acceptors (Lipinski definition) is 3. The largest absolute Gasteiger partial charge is 0.326 e. The van der Waals surface area contributed by atoms with E-state index in [1.807, 2.05) is 19.1 Å². The molecule has 0 saturated heterocycles. The van der Waals surface area contributed by atoms with Gasteiger partial charge in [0.2, 0.25) is 5.91 Å². The monoisotopic (exact) mass is 327 g/mol. The Morgan fingerprint density at radius 3 is 2.70 bits per heavy atom. The number of rotatable bonds is 3. The molecule has 0 saturated carbocycles. The second-order valence-electron chi connectivity index (χ2n) is 5.23. The van der Waals surface area contributed by atoms with Crippen LogP contribution in [0.2, 0.25) is 5.02 Å². The smallest absolute Gasteiger partial charge is 0.272 e. The Kier molecular flexibility index (Phi) is 4.12. The Hall–Kier alpha value is -2.66. The lowest BCUT2D eigenvalue weighted by atomic mass is 10.1. The fourth-order valence-corrected chi connectivity index (χ4v) is 2.51. The molecule has 0 aliphatic rings. The summed E-state index contributed by atoms with van der Waals surface area (Å²) in [5.41, 5.74) is 1.82. The first-order chi connectivity index (χ1) is 11.0. The molecule has 6 heteroatoms. The second-order valence-corrected chi connectivity index (χ2v) is 5.64. The number of nitrogens with zero attached hydrogens (tertiary/aromatic N) is 1. The third kappa shape index (κ3) is 3.24. The maximum atomic E-state index is 12.2. The molecule has 1 heterocycles. The minimum atomic E-state index is -0.268. The number of carbonyl (C=O) groups excluding carboxylic acids is 1. The number of nitrogens with one attached hydrogen (secondary N) is 2. The molecule has 5 nitrogen and oxygen atoms in total. The maximum Gasteiger partial charge on any atom is 0.272 e. The molecule has 2 N–H and O–H groups in total. The molecule has 0 aliphatic carbocycles. The lowest BCUT2D eigenvalue weighted by Gasteiger charge is -2.08. The van der Waals surface area contributed by atoms with Crippen LogP contribution >= 0.6 is 11.6 Å². The molecule has 0 spiro atoms. The highest BCUT2D eigenvalue weighted by molar-refractivity contribution is 6.31. The minimum Gasteiger partial charge on any atom is -0.326 e.